The van der Waals surface area contributed by atoms with E-state index in [1.54, 1.807) is 0 Å². The largest absolute Gasteiger partial charge is 0.340 e. The predicted molar refractivity (Wildman–Crippen MR) is 53.8 cm³/mol. The van der Waals surface area contributed by atoms with E-state index < -0.39 is 11.7 Å². The molecule has 0 spiro atoms. The van der Waals surface area contributed by atoms with Crippen molar-refractivity contribution in [2.24, 2.45) is 0 Å². The molecule has 0 N–H and O–H groups in total. The Morgan fingerprint density at radius 3 is 2.59 bits per heavy atom. The molecule has 0 bridgehead atoms. The van der Waals surface area contributed by atoms with E-state index in [9.17, 15) is 18.0 Å². The number of carbonyl (C=O) groups excluding carboxylic acids is 1. The third kappa shape index (κ3) is 2.54. The van der Waals surface area contributed by atoms with E-state index in [1.807, 2.05) is 0 Å². The molecule has 17 heavy (non-hydrogen) atoms. The summed E-state index contributed by atoms with van der Waals surface area (Å²) in [7, 11) is 0. The molecule has 7 heteroatoms. The molecule has 0 saturated carbocycles. The maximum Gasteiger partial charge on any atom is 0.251 e. The first-order valence-corrected chi connectivity index (χ1v) is 5.12. The van der Waals surface area contributed by atoms with Crippen LogP contribution in [-0.4, -0.2) is 35.3 Å². The normalized spacial score (nSPS) is 19.1. The van der Waals surface area contributed by atoms with E-state index in [0.717, 1.165) is 6.20 Å². The third-order valence-electron chi connectivity index (χ3n) is 2.65. The van der Waals surface area contributed by atoms with Crippen LogP contribution in [0.3, 0.4) is 0 Å². The maximum absolute atomic E-state index is 13.0. The summed E-state index contributed by atoms with van der Waals surface area (Å²) >= 11 is 0. The van der Waals surface area contributed by atoms with Crippen molar-refractivity contribution in [3.8, 4) is 0 Å². The summed E-state index contributed by atoms with van der Waals surface area (Å²) in [6.45, 7) is 0.188. The number of anilines is 1. The molecule has 92 valence electrons. The third-order valence-corrected chi connectivity index (χ3v) is 2.65. The van der Waals surface area contributed by atoms with Gasteiger partial charge in [0.25, 0.3) is 5.92 Å². The first-order valence-electron chi connectivity index (χ1n) is 5.12. The molecule has 1 fully saturated rings. The van der Waals surface area contributed by atoms with Gasteiger partial charge in [-0.1, -0.05) is 0 Å². The van der Waals surface area contributed by atoms with Crippen molar-refractivity contribution in [3.63, 3.8) is 0 Å². The van der Waals surface area contributed by atoms with Gasteiger partial charge in [-0.3, -0.25) is 4.79 Å². The summed E-state index contributed by atoms with van der Waals surface area (Å²) in [6.07, 6.45) is 0.576. The Morgan fingerprint density at radius 2 is 2.00 bits per heavy atom. The number of alkyl halides is 2. The standard InChI is InChI=1S/C10H10F3N3O/c11-7-5-14-9(15-8(7)6-17)16-3-1-10(12,13)2-4-16/h5-6H,1-4H2. The van der Waals surface area contributed by atoms with Crippen LogP contribution in [0.4, 0.5) is 19.1 Å². The number of nitrogens with zero attached hydrogens (tertiary/aromatic N) is 3. The minimum absolute atomic E-state index is 0.0942. The van der Waals surface area contributed by atoms with Crippen LogP contribution in [0.2, 0.25) is 0 Å². The number of aldehydes is 1. The molecule has 0 aromatic carbocycles. The average molecular weight is 245 g/mol. The zero-order chi connectivity index (χ0) is 12.5. The highest BCUT2D eigenvalue weighted by Crippen LogP contribution is 2.29. The van der Waals surface area contributed by atoms with Gasteiger partial charge in [0.05, 0.1) is 6.20 Å². The Balaban J connectivity index is 2.16. The van der Waals surface area contributed by atoms with Crippen molar-refractivity contribution in [2.45, 2.75) is 18.8 Å². The average Bonchev–Trinajstić information content (AvgIpc) is 2.30. The summed E-state index contributed by atoms with van der Waals surface area (Å²) in [5.41, 5.74) is -0.354. The fraction of sp³-hybridized carbons (Fsp3) is 0.500. The second-order valence-corrected chi connectivity index (χ2v) is 3.86. The first-order chi connectivity index (χ1) is 8.02. The van der Waals surface area contributed by atoms with E-state index in [2.05, 4.69) is 9.97 Å². The van der Waals surface area contributed by atoms with Gasteiger partial charge in [0.1, 0.15) is 5.69 Å². The molecule has 1 aromatic rings. The minimum atomic E-state index is -2.66. The second-order valence-electron chi connectivity index (χ2n) is 3.86. The van der Waals surface area contributed by atoms with Crippen LogP contribution >= 0.6 is 0 Å². The van der Waals surface area contributed by atoms with E-state index in [0.29, 0.717) is 0 Å². The highest BCUT2D eigenvalue weighted by Gasteiger charge is 2.34. The fourth-order valence-corrected chi connectivity index (χ4v) is 1.64. The molecule has 1 aliphatic heterocycles. The summed E-state index contributed by atoms with van der Waals surface area (Å²) < 4.78 is 38.8. The summed E-state index contributed by atoms with van der Waals surface area (Å²) in [6, 6.07) is 0. The predicted octanol–water partition coefficient (Wildman–Crippen LogP) is 1.66. The lowest BCUT2D eigenvalue weighted by atomic mass is 10.1. The van der Waals surface area contributed by atoms with Gasteiger partial charge in [-0.2, -0.15) is 0 Å². The van der Waals surface area contributed by atoms with E-state index in [-0.39, 0.29) is 43.9 Å². The van der Waals surface area contributed by atoms with E-state index >= 15 is 0 Å². The smallest absolute Gasteiger partial charge is 0.251 e. The van der Waals surface area contributed by atoms with Gasteiger partial charge in [0.15, 0.2) is 12.1 Å². The maximum atomic E-state index is 13.0. The van der Waals surface area contributed by atoms with Crippen molar-refractivity contribution in [1.82, 2.24) is 9.97 Å². The molecule has 0 aliphatic carbocycles. The zero-order valence-electron chi connectivity index (χ0n) is 8.87. The monoisotopic (exact) mass is 245 g/mol. The highest BCUT2D eigenvalue weighted by molar-refractivity contribution is 5.72. The van der Waals surface area contributed by atoms with Crippen LogP contribution in [0.1, 0.15) is 23.3 Å². The number of hydrogen-bond donors (Lipinski definition) is 0. The van der Waals surface area contributed by atoms with Crippen molar-refractivity contribution in [2.75, 3.05) is 18.0 Å². The van der Waals surface area contributed by atoms with Gasteiger partial charge in [-0.05, 0) is 0 Å². The highest BCUT2D eigenvalue weighted by atomic mass is 19.3. The molecule has 4 nitrogen and oxygen atoms in total. The number of hydrogen-bond acceptors (Lipinski definition) is 4. The number of carbonyl (C=O) groups is 1. The number of halogens is 3. The quantitative estimate of drug-likeness (QED) is 0.743. The molecular weight excluding hydrogens is 235 g/mol. The molecule has 1 saturated heterocycles. The molecule has 2 rings (SSSR count). The molecule has 0 amide bonds. The zero-order valence-corrected chi connectivity index (χ0v) is 8.87. The second kappa shape index (κ2) is 4.31. The van der Waals surface area contributed by atoms with Gasteiger partial charge < -0.3 is 4.90 Å². The fourth-order valence-electron chi connectivity index (χ4n) is 1.64. The lowest BCUT2D eigenvalue weighted by Crippen LogP contribution is -2.40. The van der Waals surface area contributed by atoms with Crippen molar-refractivity contribution < 1.29 is 18.0 Å². The topological polar surface area (TPSA) is 46.1 Å². The van der Waals surface area contributed by atoms with Crippen LogP contribution in [0.5, 0.6) is 0 Å². The Labute approximate surface area is 95.5 Å². The first kappa shape index (κ1) is 11.8. The van der Waals surface area contributed by atoms with E-state index in [4.69, 9.17) is 0 Å². The lowest BCUT2D eigenvalue weighted by molar-refractivity contribution is -0.0222. The Kier molecular flexibility index (Phi) is 2.99. The van der Waals surface area contributed by atoms with Crippen LogP contribution in [0.25, 0.3) is 0 Å². The molecule has 0 atom stereocenters. The minimum Gasteiger partial charge on any atom is -0.340 e. The van der Waals surface area contributed by atoms with Gasteiger partial charge in [0, 0.05) is 25.9 Å². The molecule has 0 unspecified atom stereocenters. The summed E-state index contributed by atoms with van der Waals surface area (Å²) in [5, 5.41) is 0. The molecule has 2 heterocycles. The number of rotatable bonds is 2. The van der Waals surface area contributed by atoms with Crippen molar-refractivity contribution >= 4 is 12.2 Å². The lowest BCUT2D eigenvalue weighted by Gasteiger charge is -2.31. The van der Waals surface area contributed by atoms with Gasteiger partial charge in [0.2, 0.25) is 5.95 Å². The summed E-state index contributed by atoms with van der Waals surface area (Å²) in [5.74, 6) is -3.36. The molecular formula is C10H10F3N3O. The van der Waals surface area contributed by atoms with Gasteiger partial charge in [-0.25, -0.2) is 23.1 Å². The van der Waals surface area contributed by atoms with Crippen LogP contribution in [0, 0.1) is 5.82 Å². The van der Waals surface area contributed by atoms with Gasteiger partial charge >= 0.3 is 0 Å². The number of piperidine rings is 1. The Hall–Kier alpha value is -1.66. The van der Waals surface area contributed by atoms with Crippen molar-refractivity contribution in [1.29, 1.82) is 0 Å². The Morgan fingerprint density at radius 1 is 1.35 bits per heavy atom. The van der Waals surface area contributed by atoms with Crippen molar-refractivity contribution in [3.05, 3.63) is 17.7 Å². The number of aromatic nitrogens is 2. The SMILES string of the molecule is O=Cc1nc(N2CCC(F)(F)CC2)ncc1F. The Bertz CT molecular complexity index is 429. The molecule has 0 radical (unpaired) electrons. The van der Waals surface area contributed by atoms with Crippen LogP contribution < -0.4 is 4.90 Å². The van der Waals surface area contributed by atoms with Crippen LogP contribution in [-0.2, 0) is 0 Å². The molecule has 1 aromatic heterocycles. The summed E-state index contributed by atoms with van der Waals surface area (Å²) in [4.78, 5) is 19.4. The van der Waals surface area contributed by atoms with Gasteiger partial charge in [-0.15, -0.1) is 0 Å². The molecule has 1 aliphatic rings. The van der Waals surface area contributed by atoms with Crippen LogP contribution in [0.15, 0.2) is 6.20 Å². The van der Waals surface area contributed by atoms with E-state index in [1.165, 1.54) is 4.90 Å².